The summed E-state index contributed by atoms with van der Waals surface area (Å²) in [5.41, 5.74) is 3.18. The Balaban J connectivity index is 0.000000497. The van der Waals surface area contributed by atoms with Gasteiger partial charge in [-0.1, -0.05) is 0 Å². The van der Waals surface area contributed by atoms with Gasteiger partial charge in [-0.15, -0.1) is 0 Å². The van der Waals surface area contributed by atoms with Gasteiger partial charge in [0.1, 0.15) is 12.1 Å². The van der Waals surface area contributed by atoms with E-state index < -0.39 is 34.3 Å². The lowest BCUT2D eigenvalue weighted by atomic mass is 10.2. The van der Waals surface area contributed by atoms with Crippen molar-refractivity contribution in [2.24, 2.45) is 0 Å². The van der Waals surface area contributed by atoms with E-state index in [2.05, 4.69) is 25.3 Å². The van der Waals surface area contributed by atoms with Crippen LogP contribution in [-0.4, -0.2) is 81.1 Å². The molecule has 0 saturated carbocycles. The Labute approximate surface area is 229 Å². The van der Waals surface area contributed by atoms with Gasteiger partial charge in [-0.3, -0.25) is 0 Å². The molecule has 0 aliphatic heterocycles. The van der Waals surface area contributed by atoms with Gasteiger partial charge in [0.2, 0.25) is 10.0 Å². The van der Waals surface area contributed by atoms with Crippen molar-refractivity contribution in [1.29, 1.82) is 0 Å². The second kappa shape index (κ2) is 13.8. The molecule has 1 heterocycles. The minimum absolute atomic E-state index is 0.173. The Morgan fingerprint density at radius 2 is 1.41 bits per heavy atom. The zero-order chi connectivity index (χ0) is 31.8. The lowest BCUT2D eigenvalue weighted by Crippen LogP contribution is -2.21. The third-order valence-corrected chi connectivity index (χ3v) is 6.10. The van der Waals surface area contributed by atoms with Gasteiger partial charge < -0.3 is 25.7 Å². The summed E-state index contributed by atoms with van der Waals surface area (Å²) in [4.78, 5) is 28.5. The molecule has 3 rings (SSSR count). The van der Waals surface area contributed by atoms with Crippen LogP contribution >= 0.6 is 0 Å². The summed E-state index contributed by atoms with van der Waals surface area (Å²) < 4.78 is 90.2. The van der Waals surface area contributed by atoms with Crippen molar-refractivity contribution in [3.63, 3.8) is 0 Å². The molecule has 19 heteroatoms. The fraction of sp³-hybridized carbons (Fsp3) is 0.273. The van der Waals surface area contributed by atoms with Crippen LogP contribution < -0.4 is 20.3 Å². The van der Waals surface area contributed by atoms with Crippen LogP contribution in [0.3, 0.4) is 0 Å². The van der Waals surface area contributed by atoms with Gasteiger partial charge in [-0.05, 0) is 43.4 Å². The van der Waals surface area contributed by atoms with Crippen molar-refractivity contribution in [2.45, 2.75) is 17.2 Å². The highest BCUT2D eigenvalue weighted by Crippen LogP contribution is 2.32. The first-order valence-electron chi connectivity index (χ1n) is 10.8. The topological polar surface area (TPSA) is 174 Å². The van der Waals surface area contributed by atoms with E-state index in [0.717, 1.165) is 22.3 Å². The van der Waals surface area contributed by atoms with Gasteiger partial charge in [0.25, 0.3) is 0 Å². The molecular weight excluding hydrogens is 590 g/mol. The highest BCUT2D eigenvalue weighted by Gasteiger charge is 2.38. The number of aromatic nitrogens is 2. The Morgan fingerprint density at radius 3 is 1.85 bits per heavy atom. The highest BCUT2D eigenvalue weighted by atomic mass is 32.2. The summed E-state index contributed by atoms with van der Waals surface area (Å²) in [5, 5.41) is 21.4. The number of rotatable bonds is 6. The van der Waals surface area contributed by atoms with Crippen LogP contribution in [0.5, 0.6) is 0 Å². The average Bonchev–Trinajstić information content (AvgIpc) is 2.88. The summed E-state index contributed by atoms with van der Waals surface area (Å²) in [7, 11) is 3.46. The fourth-order valence-electron chi connectivity index (χ4n) is 2.73. The summed E-state index contributed by atoms with van der Waals surface area (Å²) in [6, 6.07) is 10.7. The maximum atomic E-state index is 12.2. The van der Waals surface area contributed by atoms with Crippen LogP contribution in [0, 0.1) is 0 Å². The van der Waals surface area contributed by atoms with Gasteiger partial charge in [0.15, 0.2) is 0 Å². The Bertz CT molecular complexity index is 1460. The van der Waals surface area contributed by atoms with E-state index in [1.165, 1.54) is 13.4 Å². The number of anilines is 4. The third-order valence-electron chi connectivity index (χ3n) is 4.69. The molecule has 2 aromatic carbocycles. The van der Waals surface area contributed by atoms with Gasteiger partial charge in [-0.2, -0.15) is 26.3 Å². The molecule has 0 fully saturated rings. The number of hydrogen-bond donors (Lipinski definition) is 5. The lowest BCUT2D eigenvalue weighted by molar-refractivity contribution is -0.193. The number of carboxylic acid groups (broad SMARTS) is 2. The van der Waals surface area contributed by atoms with Crippen molar-refractivity contribution in [3.8, 4) is 0 Å². The first kappa shape index (κ1) is 34.6. The van der Waals surface area contributed by atoms with Crippen LogP contribution in [0.4, 0.5) is 49.2 Å². The van der Waals surface area contributed by atoms with Crippen LogP contribution in [-0.2, 0) is 19.6 Å². The molecule has 0 aliphatic rings. The summed E-state index contributed by atoms with van der Waals surface area (Å²) in [6.45, 7) is 0. The molecule has 0 unspecified atom stereocenters. The second-order valence-corrected chi connectivity index (χ2v) is 9.60. The smallest absolute Gasteiger partial charge is 0.475 e. The maximum Gasteiger partial charge on any atom is 0.490 e. The SMILES string of the molecule is CNc1ccc2ncnc(Nc3cc(S(=O)(=O)NC)ccc3N(C)C)c2c1.O=C(O)C(F)(F)F.O=C(O)C(F)(F)F. The van der Waals surface area contributed by atoms with Crippen molar-refractivity contribution < 1.29 is 54.6 Å². The molecule has 226 valence electrons. The number of aliphatic carboxylic acids is 2. The molecule has 0 atom stereocenters. The molecule has 0 aliphatic carbocycles. The Morgan fingerprint density at radius 1 is 0.878 bits per heavy atom. The van der Waals surface area contributed by atoms with Gasteiger partial charge in [-0.25, -0.2) is 32.7 Å². The third kappa shape index (κ3) is 10.3. The molecule has 12 nitrogen and oxygen atoms in total. The number of alkyl halides is 6. The number of carbonyl (C=O) groups is 2. The monoisotopic (exact) mass is 614 g/mol. The predicted octanol–water partition coefficient (Wildman–Crippen LogP) is 3.66. The molecule has 0 amide bonds. The zero-order valence-corrected chi connectivity index (χ0v) is 22.4. The zero-order valence-electron chi connectivity index (χ0n) is 21.6. The van der Waals surface area contributed by atoms with E-state index in [9.17, 15) is 34.8 Å². The first-order valence-corrected chi connectivity index (χ1v) is 12.3. The van der Waals surface area contributed by atoms with E-state index in [1.54, 1.807) is 18.2 Å². The number of fused-ring (bicyclic) bond motifs is 1. The van der Waals surface area contributed by atoms with Crippen molar-refractivity contribution >= 4 is 55.7 Å². The molecule has 0 spiro atoms. The Hall–Kier alpha value is -4.39. The van der Waals surface area contributed by atoms with E-state index in [0.29, 0.717) is 11.5 Å². The van der Waals surface area contributed by atoms with E-state index >= 15 is 0 Å². The molecule has 0 radical (unpaired) electrons. The summed E-state index contributed by atoms with van der Waals surface area (Å²) in [6.07, 6.45) is -8.69. The molecule has 0 bridgehead atoms. The van der Waals surface area contributed by atoms with Gasteiger partial charge in [0, 0.05) is 32.2 Å². The largest absolute Gasteiger partial charge is 0.490 e. The van der Waals surface area contributed by atoms with Crippen LogP contribution in [0.1, 0.15) is 0 Å². The van der Waals surface area contributed by atoms with E-state index in [-0.39, 0.29) is 4.90 Å². The summed E-state index contributed by atoms with van der Waals surface area (Å²) in [5.74, 6) is -4.92. The minimum Gasteiger partial charge on any atom is -0.475 e. The molecule has 3 aromatic rings. The van der Waals surface area contributed by atoms with Crippen molar-refractivity contribution in [3.05, 3.63) is 42.7 Å². The van der Waals surface area contributed by atoms with Crippen LogP contribution in [0.2, 0.25) is 0 Å². The number of halogens is 6. The first-order chi connectivity index (χ1) is 18.7. The maximum absolute atomic E-state index is 12.2. The van der Waals surface area contributed by atoms with Crippen molar-refractivity contribution in [1.82, 2.24) is 14.7 Å². The lowest BCUT2D eigenvalue weighted by Gasteiger charge is -2.20. The average molecular weight is 615 g/mol. The predicted molar refractivity (Wildman–Crippen MR) is 137 cm³/mol. The number of sulfonamides is 1. The number of nitrogens with one attached hydrogen (secondary N) is 3. The number of carboxylic acids is 2. The van der Waals surface area contributed by atoms with Gasteiger partial charge >= 0.3 is 24.3 Å². The number of hydrogen-bond acceptors (Lipinski definition) is 9. The van der Waals surface area contributed by atoms with Gasteiger partial charge in [0.05, 0.1) is 21.8 Å². The minimum atomic E-state index is -5.08. The molecule has 0 saturated heterocycles. The molecular formula is C22H24F6N6O6S. The quantitative estimate of drug-likeness (QED) is 0.257. The fourth-order valence-corrected chi connectivity index (χ4v) is 3.49. The highest BCUT2D eigenvalue weighted by molar-refractivity contribution is 7.89. The number of benzene rings is 2. The van der Waals surface area contributed by atoms with E-state index in [4.69, 9.17) is 19.8 Å². The number of nitrogens with zero attached hydrogens (tertiary/aromatic N) is 3. The molecule has 41 heavy (non-hydrogen) atoms. The second-order valence-electron chi connectivity index (χ2n) is 7.72. The van der Waals surface area contributed by atoms with E-state index in [1.807, 2.05) is 44.2 Å². The normalized spacial score (nSPS) is 11.4. The van der Waals surface area contributed by atoms with Crippen molar-refractivity contribution in [2.75, 3.05) is 43.7 Å². The Kier molecular flexibility index (Phi) is 11.7. The molecule has 5 N–H and O–H groups in total. The molecule has 1 aromatic heterocycles. The van der Waals surface area contributed by atoms with Crippen LogP contribution in [0.15, 0.2) is 47.6 Å². The van der Waals surface area contributed by atoms with Crippen LogP contribution in [0.25, 0.3) is 10.9 Å². The standard InChI is InChI=1S/C18H22N6O2S.2C2HF3O2/c1-19-12-5-7-15-14(9-12)18(22-11-21-15)23-16-10-13(27(25,26)20-2)6-8-17(16)24(3)4;2*3-2(4,5)1(6)7/h5-11,19-20H,1-4H3,(H,21,22,23);2*(H,6,7). The summed E-state index contributed by atoms with van der Waals surface area (Å²) >= 11 is 0.